The molecule has 0 saturated carbocycles. The van der Waals surface area contributed by atoms with Crippen molar-refractivity contribution in [2.24, 2.45) is 0 Å². The van der Waals surface area contributed by atoms with Crippen molar-refractivity contribution < 1.29 is 9.53 Å². The average Bonchev–Trinajstić information content (AvgIpc) is 2.92. The summed E-state index contributed by atoms with van der Waals surface area (Å²) in [5.41, 5.74) is 0. The molecule has 0 bridgehead atoms. The molecule has 0 amide bonds. The van der Waals surface area contributed by atoms with E-state index in [0.717, 1.165) is 19.3 Å². The van der Waals surface area contributed by atoms with Gasteiger partial charge in [-0.25, -0.2) is 4.79 Å². The van der Waals surface area contributed by atoms with Crippen LogP contribution in [0.4, 0.5) is 0 Å². The Morgan fingerprint density at radius 3 is 1.37 bits per heavy atom. The smallest absolute Gasteiger partial charge is 0.330 e. The van der Waals surface area contributed by atoms with E-state index in [2.05, 4.69) is 38.2 Å². The molecule has 0 atom stereocenters. The topological polar surface area (TPSA) is 26.3 Å². The first-order valence-corrected chi connectivity index (χ1v) is 16.6. The highest BCUT2D eigenvalue weighted by atomic mass is 16.5. The van der Waals surface area contributed by atoms with Gasteiger partial charge in [0.05, 0.1) is 6.61 Å². The summed E-state index contributed by atoms with van der Waals surface area (Å²) in [4.78, 5) is 11.8. The van der Waals surface area contributed by atoms with Gasteiger partial charge in [-0.15, -0.1) is 0 Å². The maximum Gasteiger partial charge on any atom is 0.330 e. The first kappa shape index (κ1) is 36.4. The Hall–Kier alpha value is -1.57. The quantitative estimate of drug-likeness (QED) is 0.0317. The third kappa shape index (κ3) is 32.5. The summed E-state index contributed by atoms with van der Waals surface area (Å²) in [5, 5.41) is 0. The highest BCUT2D eigenvalue weighted by Crippen LogP contribution is 2.12. The molecule has 0 fully saturated rings. The molecule has 0 aromatic rings. The fourth-order valence-electron chi connectivity index (χ4n) is 4.58. The Morgan fingerprint density at radius 1 is 0.447 bits per heavy atom. The van der Waals surface area contributed by atoms with Crippen LogP contribution in [0.2, 0.25) is 0 Å². The van der Waals surface area contributed by atoms with Gasteiger partial charge < -0.3 is 4.74 Å². The summed E-state index contributed by atoms with van der Waals surface area (Å²) in [6, 6.07) is 0. The van der Waals surface area contributed by atoms with Crippen LogP contribution < -0.4 is 0 Å². The Kier molecular flexibility index (Phi) is 32.1. The van der Waals surface area contributed by atoms with E-state index in [-0.39, 0.29) is 5.97 Å². The number of esters is 1. The van der Waals surface area contributed by atoms with Crippen molar-refractivity contribution in [1.29, 1.82) is 0 Å². The minimum Gasteiger partial charge on any atom is -0.463 e. The average molecular weight is 529 g/mol. The van der Waals surface area contributed by atoms with E-state index in [1.165, 1.54) is 141 Å². The fourth-order valence-corrected chi connectivity index (χ4v) is 4.58. The summed E-state index contributed by atoms with van der Waals surface area (Å²) < 4.78 is 5.29. The van der Waals surface area contributed by atoms with Gasteiger partial charge >= 0.3 is 5.97 Å². The van der Waals surface area contributed by atoms with Crippen molar-refractivity contribution in [1.82, 2.24) is 0 Å². The van der Waals surface area contributed by atoms with Gasteiger partial charge in [0.2, 0.25) is 0 Å². The van der Waals surface area contributed by atoms with E-state index >= 15 is 0 Å². The number of rotatable bonds is 29. The zero-order chi connectivity index (χ0) is 27.6. The second kappa shape index (κ2) is 33.5. The largest absolute Gasteiger partial charge is 0.463 e. The van der Waals surface area contributed by atoms with Gasteiger partial charge in [0.1, 0.15) is 0 Å². The number of ether oxygens (including phenoxy) is 1. The lowest BCUT2D eigenvalue weighted by Gasteiger charge is -2.02. The molecule has 220 valence electrons. The molecule has 2 nitrogen and oxygen atoms in total. The predicted octanol–water partition coefficient (Wildman–Crippen LogP) is 12.2. The number of hydrogen-bond acceptors (Lipinski definition) is 2. The van der Waals surface area contributed by atoms with Crippen LogP contribution in [0.3, 0.4) is 0 Å². The highest BCUT2D eigenvalue weighted by Gasteiger charge is 1.96. The van der Waals surface area contributed by atoms with Crippen LogP contribution in [0.15, 0.2) is 48.6 Å². The maximum atomic E-state index is 11.8. The maximum absolute atomic E-state index is 11.8. The van der Waals surface area contributed by atoms with Gasteiger partial charge in [0.25, 0.3) is 0 Å². The zero-order valence-electron chi connectivity index (χ0n) is 25.6. The standard InChI is InChI=1S/C36H64O2/c1-3-5-7-9-11-13-15-17-19-20-21-22-24-26-28-30-32-34-36(37)38-35-33-31-29-27-25-23-18-16-14-12-10-8-6-4-2/h14,16,24,26,28,30,32,34H,3-13,15,17-23,25,27,29,31,33,35H2,1-2H3/b16-14-,26-24?,30-28?,34-32?. The minimum absolute atomic E-state index is 0.235. The van der Waals surface area contributed by atoms with Crippen molar-refractivity contribution in [2.75, 3.05) is 6.61 Å². The highest BCUT2D eigenvalue weighted by molar-refractivity contribution is 5.82. The van der Waals surface area contributed by atoms with Gasteiger partial charge in [0.15, 0.2) is 0 Å². The van der Waals surface area contributed by atoms with Gasteiger partial charge in [0, 0.05) is 6.08 Å². The van der Waals surface area contributed by atoms with Crippen molar-refractivity contribution in [3.8, 4) is 0 Å². The molecule has 38 heavy (non-hydrogen) atoms. The molecule has 0 unspecified atom stereocenters. The van der Waals surface area contributed by atoms with Gasteiger partial charge in [-0.05, 0) is 44.9 Å². The van der Waals surface area contributed by atoms with Crippen LogP contribution in [0.1, 0.15) is 168 Å². The third-order valence-corrected chi connectivity index (χ3v) is 7.08. The normalized spacial score (nSPS) is 12.2. The van der Waals surface area contributed by atoms with Crippen molar-refractivity contribution in [3.05, 3.63) is 48.6 Å². The first-order chi connectivity index (χ1) is 18.8. The summed E-state index contributed by atoms with van der Waals surface area (Å²) in [6.45, 7) is 5.08. The van der Waals surface area contributed by atoms with Crippen molar-refractivity contribution >= 4 is 5.97 Å². The van der Waals surface area contributed by atoms with E-state index < -0.39 is 0 Å². The molecule has 0 aliphatic rings. The van der Waals surface area contributed by atoms with Crippen LogP contribution >= 0.6 is 0 Å². The lowest BCUT2D eigenvalue weighted by atomic mass is 10.1. The summed E-state index contributed by atoms with van der Waals surface area (Å²) in [7, 11) is 0. The van der Waals surface area contributed by atoms with Crippen molar-refractivity contribution in [3.63, 3.8) is 0 Å². The molecule has 0 rings (SSSR count). The Labute approximate surface area is 238 Å². The molecule has 0 radical (unpaired) electrons. The van der Waals surface area contributed by atoms with Gasteiger partial charge in [-0.1, -0.05) is 166 Å². The molecule has 0 saturated heterocycles. The molecular weight excluding hydrogens is 464 g/mol. The fraction of sp³-hybridized carbons (Fsp3) is 0.750. The zero-order valence-corrected chi connectivity index (χ0v) is 25.6. The molecule has 0 spiro atoms. The molecule has 0 aromatic carbocycles. The van der Waals surface area contributed by atoms with E-state index in [4.69, 9.17) is 4.74 Å². The minimum atomic E-state index is -0.235. The summed E-state index contributed by atoms with van der Waals surface area (Å²) in [5.74, 6) is -0.235. The second-order valence-corrected chi connectivity index (χ2v) is 10.9. The molecule has 0 aromatic heterocycles. The Bertz CT molecular complexity index is 584. The number of hydrogen-bond donors (Lipinski definition) is 0. The van der Waals surface area contributed by atoms with Gasteiger partial charge in [-0.2, -0.15) is 0 Å². The monoisotopic (exact) mass is 528 g/mol. The van der Waals surface area contributed by atoms with E-state index in [0.29, 0.717) is 6.61 Å². The van der Waals surface area contributed by atoms with Crippen LogP contribution in [0, 0.1) is 0 Å². The van der Waals surface area contributed by atoms with E-state index in [9.17, 15) is 4.79 Å². The molecule has 0 N–H and O–H groups in total. The van der Waals surface area contributed by atoms with E-state index in [1.807, 2.05) is 12.2 Å². The first-order valence-electron chi connectivity index (χ1n) is 16.6. The summed E-state index contributed by atoms with van der Waals surface area (Å²) in [6.07, 6.45) is 47.8. The van der Waals surface area contributed by atoms with Gasteiger partial charge in [-0.3, -0.25) is 0 Å². The second-order valence-electron chi connectivity index (χ2n) is 10.9. The molecule has 2 heteroatoms. The molecule has 0 aliphatic carbocycles. The lowest BCUT2D eigenvalue weighted by Crippen LogP contribution is -2.02. The number of carbonyl (C=O) groups excluding carboxylic acids is 1. The Balaban J connectivity index is 3.40. The molecule has 0 heterocycles. The van der Waals surface area contributed by atoms with Crippen LogP contribution in [0.25, 0.3) is 0 Å². The number of unbranched alkanes of at least 4 members (excludes halogenated alkanes) is 21. The number of carbonyl (C=O) groups is 1. The molecular formula is C36H64O2. The van der Waals surface area contributed by atoms with Crippen LogP contribution in [-0.2, 0) is 9.53 Å². The van der Waals surface area contributed by atoms with Crippen molar-refractivity contribution in [2.45, 2.75) is 168 Å². The SMILES string of the molecule is CCCCCC/C=C\CCCCCCCCOC(=O)C=CC=CC=CCCCCCCCCCCCCC. The Morgan fingerprint density at radius 2 is 0.842 bits per heavy atom. The van der Waals surface area contributed by atoms with Crippen LogP contribution in [0.5, 0.6) is 0 Å². The lowest BCUT2D eigenvalue weighted by molar-refractivity contribution is -0.137. The summed E-state index contributed by atoms with van der Waals surface area (Å²) >= 11 is 0. The third-order valence-electron chi connectivity index (χ3n) is 7.08. The number of allylic oxidation sites excluding steroid dienone is 7. The van der Waals surface area contributed by atoms with E-state index in [1.54, 1.807) is 6.08 Å². The molecule has 0 aliphatic heterocycles. The van der Waals surface area contributed by atoms with Crippen LogP contribution in [-0.4, -0.2) is 12.6 Å². The predicted molar refractivity (Wildman–Crippen MR) is 170 cm³/mol.